The highest BCUT2D eigenvalue weighted by molar-refractivity contribution is 6.16. The van der Waals surface area contributed by atoms with E-state index in [2.05, 4.69) is 15.0 Å². The lowest BCUT2D eigenvalue weighted by Crippen LogP contribution is -1.99. The van der Waals surface area contributed by atoms with Crippen molar-refractivity contribution in [2.45, 2.75) is 25.3 Å². The third-order valence-corrected chi connectivity index (χ3v) is 2.39. The minimum Gasteiger partial charge on any atom is -0.375 e. The standard InChI is InChI=1S/C11H15ClN4O/c12-8-10-4-3-5-11(15-10)9-17-7-2-1-6-14-16-13/h3-5H,1-2,6-9H2. The average molecular weight is 255 g/mol. The number of alkyl halides is 1. The number of halogens is 1. The van der Waals surface area contributed by atoms with Crippen LogP contribution in [0.5, 0.6) is 0 Å². The highest BCUT2D eigenvalue weighted by Crippen LogP contribution is 2.04. The lowest BCUT2D eigenvalue weighted by atomic mass is 10.3. The lowest BCUT2D eigenvalue weighted by Gasteiger charge is -2.04. The summed E-state index contributed by atoms with van der Waals surface area (Å²) in [5, 5.41) is 3.45. The van der Waals surface area contributed by atoms with Crippen LogP contribution in [0.15, 0.2) is 23.3 Å². The molecule has 0 bridgehead atoms. The maximum atomic E-state index is 8.08. The molecule has 5 nitrogen and oxygen atoms in total. The van der Waals surface area contributed by atoms with Gasteiger partial charge in [0.25, 0.3) is 0 Å². The van der Waals surface area contributed by atoms with Crippen molar-refractivity contribution in [1.82, 2.24) is 4.98 Å². The number of ether oxygens (including phenoxy) is 1. The van der Waals surface area contributed by atoms with E-state index in [4.69, 9.17) is 21.9 Å². The highest BCUT2D eigenvalue weighted by Gasteiger charge is 1.97. The first-order valence-electron chi connectivity index (χ1n) is 5.46. The molecule has 0 radical (unpaired) electrons. The summed E-state index contributed by atoms with van der Waals surface area (Å²) in [6, 6.07) is 5.72. The van der Waals surface area contributed by atoms with E-state index in [0.717, 1.165) is 24.2 Å². The second-order valence-corrected chi connectivity index (χ2v) is 3.74. The van der Waals surface area contributed by atoms with Gasteiger partial charge in [-0.3, -0.25) is 4.98 Å². The van der Waals surface area contributed by atoms with E-state index in [9.17, 15) is 0 Å². The Hall–Kier alpha value is -1.29. The monoisotopic (exact) mass is 254 g/mol. The molecule has 0 aliphatic heterocycles. The molecule has 0 aliphatic rings. The van der Waals surface area contributed by atoms with Crippen LogP contribution < -0.4 is 0 Å². The van der Waals surface area contributed by atoms with E-state index >= 15 is 0 Å². The summed E-state index contributed by atoms with van der Waals surface area (Å²) in [6.45, 7) is 1.67. The predicted molar refractivity (Wildman–Crippen MR) is 66.7 cm³/mol. The van der Waals surface area contributed by atoms with E-state index in [1.807, 2.05) is 18.2 Å². The molecule has 0 amide bonds. The number of unbranched alkanes of at least 4 members (excludes halogenated alkanes) is 1. The van der Waals surface area contributed by atoms with Crippen molar-refractivity contribution >= 4 is 11.6 Å². The Kier molecular flexibility index (Phi) is 7.14. The van der Waals surface area contributed by atoms with Crippen LogP contribution in [0.1, 0.15) is 24.2 Å². The molecular formula is C11H15ClN4O. The van der Waals surface area contributed by atoms with Crippen LogP contribution in [0.3, 0.4) is 0 Å². The van der Waals surface area contributed by atoms with Gasteiger partial charge in [0.15, 0.2) is 0 Å². The van der Waals surface area contributed by atoms with E-state index in [0.29, 0.717) is 25.6 Å². The molecule has 1 heterocycles. The van der Waals surface area contributed by atoms with Crippen LogP contribution in [0, 0.1) is 0 Å². The first-order valence-corrected chi connectivity index (χ1v) is 5.99. The topological polar surface area (TPSA) is 70.9 Å². The number of aromatic nitrogens is 1. The van der Waals surface area contributed by atoms with Crippen molar-refractivity contribution in [3.63, 3.8) is 0 Å². The van der Waals surface area contributed by atoms with Crippen LogP contribution in [0.25, 0.3) is 10.4 Å². The Labute approximate surface area is 105 Å². The third kappa shape index (κ3) is 6.12. The first kappa shape index (κ1) is 13.8. The fourth-order valence-corrected chi connectivity index (χ4v) is 1.44. The second kappa shape index (κ2) is 8.82. The number of hydrogen-bond acceptors (Lipinski definition) is 3. The van der Waals surface area contributed by atoms with Gasteiger partial charge < -0.3 is 4.74 Å². The quantitative estimate of drug-likeness (QED) is 0.234. The van der Waals surface area contributed by atoms with Gasteiger partial charge in [-0.05, 0) is 30.5 Å². The molecule has 17 heavy (non-hydrogen) atoms. The van der Waals surface area contributed by atoms with E-state index in [1.54, 1.807) is 0 Å². The minimum absolute atomic E-state index is 0.417. The Balaban J connectivity index is 2.15. The molecule has 1 rings (SSSR count). The van der Waals surface area contributed by atoms with Crippen LogP contribution in [0.2, 0.25) is 0 Å². The molecule has 0 N–H and O–H groups in total. The van der Waals surface area contributed by atoms with Gasteiger partial charge in [0.1, 0.15) is 0 Å². The predicted octanol–water partition coefficient (Wildman–Crippen LogP) is 3.43. The van der Waals surface area contributed by atoms with Crippen molar-refractivity contribution in [2.75, 3.05) is 13.2 Å². The Bertz CT molecular complexity index is 379. The highest BCUT2D eigenvalue weighted by atomic mass is 35.5. The first-order chi connectivity index (χ1) is 8.36. The van der Waals surface area contributed by atoms with Gasteiger partial charge in [0, 0.05) is 18.1 Å². The normalized spacial score (nSPS) is 9.94. The molecule has 1 aromatic heterocycles. The van der Waals surface area contributed by atoms with Gasteiger partial charge in [-0.1, -0.05) is 11.2 Å². The average Bonchev–Trinajstić information content (AvgIpc) is 2.38. The number of rotatable bonds is 8. The molecule has 0 aromatic carbocycles. The Morgan fingerprint density at radius 2 is 2.18 bits per heavy atom. The van der Waals surface area contributed by atoms with Crippen LogP contribution in [-0.4, -0.2) is 18.1 Å². The fourth-order valence-electron chi connectivity index (χ4n) is 1.29. The largest absolute Gasteiger partial charge is 0.375 e. The molecule has 1 aromatic rings. The zero-order valence-electron chi connectivity index (χ0n) is 9.55. The molecule has 0 fully saturated rings. The SMILES string of the molecule is [N-]=[N+]=NCCCCOCc1cccc(CCl)n1. The van der Waals surface area contributed by atoms with Gasteiger partial charge in [-0.2, -0.15) is 0 Å². The molecule has 6 heteroatoms. The summed E-state index contributed by atoms with van der Waals surface area (Å²) < 4.78 is 5.46. The summed E-state index contributed by atoms with van der Waals surface area (Å²) in [7, 11) is 0. The summed E-state index contributed by atoms with van der Waals surface area (Å²) in [4.78, 5) is 7.00. The van der Waals surface area contributed by atoms with Crippen molar-refractivity contribution in [1.29, 1.82) is 0 Å². The minimum atomic E-state index is 0.417. The van der Waals surface area contributed by atoms with Crippen LogP contribution >= 0.6 is 11.6 Å². The van der Waals surface area contributed by atoms with Crippen LogP contribution in [0.4, 0.5) is 0 Å². The maximum absolute atomic E-state index is 8.08. The zero-order valence-corrected chi connectivity index (χ0v) is 10.3. The smallest absolute Gasteiger partial charge is 0.0887 e. The fraction of sp³-hybridized carbons (Fsp3) is 0.545. The molecule has 0 unspecified atom stereocenters. The van der Waals surface area contributed by atoms with Gasteiger partial charge in [-0.15, -0.1) is 11.6 Å². The van der Waals surface area contributed by atoms with Gasteiger partial charge in [0.2, 0.25) is 0 Å². The summed E-state index contributed by atoms with van der Waals surface area (Å²) in [6.07, 6.45) is 1.73. The molecule has 0 spiro atoms. The molecule has 0 aliphatic carbocycles. The second-order valence-electron chi connectivity index (χ2n) is 3.47. The van der Waals surface area contributed by atoms with Crippen molar-refractivity contribution in [2.24, 2.45) is 5.11 Å². The molecular weight excluding hydrogens is 240 g/mol. The van der Waals surface area contributed by atoms with Gasteiger partial charge in [0.05, 0.1) is 23.9 Å². The van der Waals surface area contributed by atoms with Crippen molar-refractivity contribution in [3.05, 3.63) is 40.0 Å². The maximum Gasteiger partial charge on any atom is 0.0887 e. The van der Waals surface area contributed by atoms with E-state index in [1.165, 1.54) is 0 Å². The van der Waals surface area contributed by atoms with Crippen molar-refractivity contribution in [3.8, 4) is 0 Å². The number of azide groups is 1. The summed E-state index contributed by atoms with van der Waals surface area (Å²) in [5.74, 6) is 0.417. The third-order valence-electron chi connectivity index (χ3n) is 2.11. The molecule has 92 valence electrons. The van der Waals surface area contributed by atoms with E-state index < -0.39 is 0 Å². The molecule has 0 saturated carbocycles. The molecule has 0 atom stereocenters. The summed E-state index contributed by atoms with van der Waals surface area (Å²) in [5.41, 5.74) is 9.82. The Morgan fingerprint density at radius 3 is 2.94 bits per heavy atom. The number of nitrogens with zero attached hydrogens (tertiary/aromatic N) is 4. The zero-order chi connectivity index (χ0) is 12.3. The number of pyridine rings is 1. The Morgan fingerprint density at radius 1 is 1.35 bits per heavy atom. The van der Waals surface area contributed by atoms with Gasteiger partial charge in [-0.25, -0.2) is 0 Å². The van der Waals surface area contributed by atoms with Crippen molar-refractivity contribution < 1.29 is 4.74 Å². The number of hydrogen-bond donors (Lipinski definition) is 0. The molecule has 0 saturated heterocycles. The van der Waals surface area contributed by atoms with Gasteiger partial charge >= 0.3 is 0 Å². The van der Waals surface area contributed by atoms with E-state index in [-0.39, 0.29) is 0 Å². The lowest BCUT2D eigenvalue weighted by molar-refractivity contribution is 0.115. The van der Waals surface area contributed by atoms with Crippen LogP contribution in [-0.2, 0) is 17.2 Å². The summed E-state index contributed by atoms with van der Waals surface area (Å²) >= 11 is 5.69.